The molecule has 0 radical (unpaired) electrons. The van der Waals surface area contributed by atoms with E-state index in [9.17, 15) is 4.79 Å². The maximum absolute atomic E-state index is 10.9. The number of carbonyl (C=O) groups excluding carboxylic acids is 1. The number of piperidine rings is 3. The van der Waals surface area contributed by atoms with Crippen LogP contribution in [0.15, 0.2) is 30.0 Å². The van der Waals surface area contributed by atoms with Crippen LogP contribution in [0.4, 0.5) is 0 Å². The average Bonchev–Trinajstić information content (AvgIpc) is 3.19. The van der Waals surface area contributed by atoms with Gasteiger partial charge in [-0.25, -0.2) is 4.98 Å². The molecule has 0 saturated carbocycles. The number of carbonyl (C=O) groups is 1. The highest BCUT2D eigenvalue weighted by Crippen LogP contribution is 2.46. The minimum atomic E-state index is -0.0410. The van der Waals surface area contributed by atoms with Crippen molar-refractivity contribution in [2.75, 3.05) is 19.6 Å². The Balaban J connectivity index is 1.42. The molecule has 23 heavy (non-hydrogen) atoms. The van der Waals surface area contributed by atoms with Crippen molar-refractivity contribution >= 4 is 11.9 Å². The highest BCUT2D eigenvalue weighted by atomic mass is 16.5. The molecule has 4 nitrogen and oxygen atoms in total. The van der Waals surface area contributed by atoms with E-state index in [4.69, 9.17) is 4.74 Å². The number of hydrogen-bond acceptors (Lipinski definition) is 4. The van der Waals surface area contributed by atoms with E-state index in [2.05, 4.69) is 16.0 Å². The molecule has 3 fully saturated rings. The van der Waals surface area contributed by atoms with Crippen LogP contribution < -0.4 is 4.74 Å². The summed E-state index contributed by atoms with van der Waals surface area (Å²) in [4.78, 5) is 18.0. The summed E-state index contributed by atoms with van der Waals surface area (Å²) in [5, 5.41) is 0. The standard InChI is InChI=1S/C19H20N2O2/c22-11-13-1-2-14(7-13)16-8-15-9-19(23-18(15)20-10-16)12-21-5-3-17(19)4-6-21/h1-2,8,10-11,17H,3-7,9,12H2/t19-/m0/s1. The molecule has 1 aromatic heterocycles. The number of aromatic nitrogens is 1. The number of fused-ring (bicyclic) bond motifs is 3. The summed E-state index contributed by atoms with van der Waals surface area (Å²) in [5.41, 5.74) is 4.33. The highest BCUT2D eigenvalue weighted by Gasteiger charge is 2.52. The van der Waals surface area contributed by atoms with Crippen LogP contribution in [-0.4, -0.2) is 41.4 Å². The normalized spacial score (nSPS) is 34.1. The zero-order chi connectivity index (χ0) is 15.4. The third kappa shape index (κ3) is 2.01. The molecule has 0 aromatic carbocycles. The van der Waals surface area contributed by atoms with Crippen LogP contribution in [0.3, 0.4) is 0 Å². The van der Waals surface area contributed by atoms with Crippen molar-refractivity contribution in [1.82, 2.24) is 9.88 Å². The van der Waals surface area contributed by atoms with Gasteiger partial charge in [0.1, 0.15) is 11.9 Å². The third-order valence-electron chi connectivity index (χ3n) is 5.95. The zero-order valence-electron chi connectivity index (χ0n) is 13.1. The van der Waals surface area contributed by atoms with Crippen LogP contribution in [0.5, 0.6) is 5.88 Å². The molecular formula is C19H20N2O2. The van der Waals surface area contributed by atoms with Crippen LogP contribution >= 0.6 is 0 Å². The van der Waals surface area contributed by atoms with Crippen molar-refractivity contribution in [2.45, 2.75) is 31.3 Å². The fourth-order valence-corrected chi connectivity index (χ4v) is 4.71. The second-order valence-electron chi connectivity index (χ2n) is 7.31. The lowest BCUT2D eigenvalue weighted by molar-refractivity contribution is -0.104. The summed E-state index contributed by atoms with van der Waals surface area (Å²) in [6.45, 7) is 3.48. The lowest BCUT2D eigenvalue weighted by Crippen LogP contribution is -2.61. The number of hydrogen-bond donors (Lipinski definition) is 0. The first kappa shape index (κ1) is 13.5. The number of pyridine rings is 1. The monoisotopic (exact) mass is 308 g/mol. The first-order valence-corrected chi connectivity index (χ1v) is 8.51. The average molecular weight is 308 g/mol. The molecular weight excluding hydrogens is 288 g/mol. The molecule has 3 saturated heterocycles. The van der Waals surface area contributed by atoms with Gasteiger partial charge in [-0.2, -0.15) is 0 Å². The van der Waals surface area contributed by atoms with Gasteiger partial charge >= 0.3 is 0 Å². The van der Waals surface area contributed by atoms with E-state index in [-0.39, 0.29) is 5.60 Å². The second-order valence-corrected chi connectivity index (χ2v) is 7.31. The first-order chi connectivity index (χ1) is 11.3. The fourth-order valence-electron chi connectivity index (χ4n) is 4.71. The number of allylic oxidation sites excluding steroid dienone is 4. The summed E-state index contributed by atoms with van der Waals surface area (Å²) < 4.78 is 6.39. The SMILES string of the molecule is O=CC1=CC=C(c2cnc3c(c2)C[C@@]2(CN4CCC2CC4)O3)C1. The van der Waals surface area contributed by atoms with Gasteiger partial charge in [0.2, 0.25) is 5.88 Å². The van der Waals surface area contributed by atoms with Gasteiger partial charge in [0.05, 0.1) is 0 Å². The topological polar surface area (TPSA) is 42.4 Å². The summed E-state index contributed by atoms with van der Waals surface area (Å²) in [6, 6.07) is 2.22. The van der Waals surface area contributed by atoms with Crippen LogP contribution in [0, 0.1) is 5.92 Å². The van der Waals surface area contributed by atoms with Gasteiger partial charge in [-0.1, -0.05) is 12.2 Å². The van der Waals surface area contributed by atoms with Crippen LogP contribution in [0.25, 0.3) is 5.57 Å². The molecule has 6 rings (SSSR count). The molecule has 1 aliphatic carbocycles. The van der Waals surface area contributed by atoms with E-state index in [0.717, 1.165) is 36.3 Å². The van der Waals surface area contributed by atoms with Gasteiger partial charge in [0, 0.05) is 37.1 Å². The van der Waals surface area contributed by atoms with Crippen molar-refractivity contribution < 1.29 is 9.53 Å². The number of ether oxygens (including phenoxy) is 1. The van der Waals surface area contributed by atoms with Crippen LogP contribution in [-0.2, 0) is 11.2 Å². The van der Waals surface area contributed by atoms with E-state index in [0.29, 0.717) is 12.3 Å². The zero-order valence-corrected chi connectivity index (χ0v) is 13.1. The molecule has 5 aliphatic rings. The van der Waals surface area contributed by atoms with Crippen molar-refractivity contribution in [3.05, 3.63) is 41.1 Å². The van der Waals surface area contributed by atoms with Gasteiger partial charge < -0.3 is 4.74 Å². The fraction of sp³-hybridized carbons (Fsp3) is 0.474. The van der Waals surface area contributed by atoms with E-state index in [1.54, 1.807) is 0 Å². The third-order valence-corrected chi connectivity index (χ3v) is 5.95. The van der Waals surface area contributed by atoms with Crippen molar-refractivity contribution in [1.29, 1.82) is 0 Å². The van der Waals surface area contributed by atoms with Crippen molar-refractivity contribution in [3.63, 3.8) is 0 Å². The Hall–Kier alpha value is -1.94. The van der Waals surface area contributed by atoms with E-state index in [1.807, 2.05) is 18.3 Å². The summed E-state index contributed by atoms with van der Waals surface area (Å²) in [5.74, 6) is 1.49. The van der Waals surface area contributed by atoms with Crippen LogP contribution in [0.1, 0.15) is 30.4 Å². The Morgan fingerprint density at radius 2 is 2.17 bits per heavy atom. The van der Waals surface area contributed by atoms with Gasteiger partial charge in [-0.05, 0) is 48.7 Å². The Labute approximate surface area is 135 Å². The Morgan fingerprint density at radius 3 is 2.87 bits per heavy atom. The summed E-state index contributed by atoms with van der Waals surface area (Å²) in [7, 11) is 0. The number of aldehydes is 1. The van der Waals surface area contributed by atoms with Gasteiger partial charge in [-0.15, -0.1) is 0 Å². The predicted octanol–water partition coefficient (Wildman–Crippen LogP) is 2.39. The number of rotatable bonds is 2. The first-order valence-electron chi connectivity index (χ1n) is 8.51. The molecule has 118 valence electrons. The Bertz CT molecular complexity index is 744. The van der Waals surface area contributed by atoms with Gasteiger partial charge in [0.25, 0.3) is 0 Å². The minimum absolute atomic E-state index is 0.0410. The molecule has 1 atom stereocenters. The molecule has 1 spiro atoms. The predicted molar refractivity (Wildman–Crippen MR) is 87.2 cm³/mol. The molecule has 1 aromatic rings. The molecule has 0 unspecified atom stereocenters. The number of nitrogens with zero attached hydrogens (tertiary/aromatic N) is 2. The molecule has 0 amide bonds. The second kappa shape index (κ2) is 4.78. The van der Waals surface area contributed by atoms with Crippen molar-refractivity contribution in [3.8, 4) is 5.88 Å². The summed E-state index contributed by atoms with van der Waals surface area (Å²) >= 11 is 0. The molecule has 4 heteroatoms. The molecule has 5 heterocycles. The quantitative estimate of drug-likeness (QED) is 0.787. The Morgan fingerprint density at radius 1 is 1.30 bits per heavy atom. The lowest BCUT2D eigenvalue weighted by atomic mass is 9.73. The van der Waals surface area contributed by atoms with Gasteiger partial charge in [-0.3, -0.25) is 9.69 Å². The largest absolute Gasteiger partial charge is 0.469 e. The van der Waals surface area contributed by atoms with Gasteiger partial charge in [0.15, 0.2) is 0 Å². The molecule has 4 aliphatic heterocycles. The summed E-state index contributed by atoms with van der Waals surface area (Å²) in [6.07, 6.45) is 11.0. The molecule has 2 bridgehead atoms. The lowest BCUT2D eigenvalue weighted by Gasteiger charge is -2.50. The Kier molecular flexibility index (Phi) is 2.80. The smallest absolute Gasteiger partial charge is 0.217 e. The maximum atomic E-state index is 10.9. The minimum Gasteiger partial charge on any atom is -0.469 e. The molecule has 0 N–H and O–H groups in total. The van der Waals surface area contributed by atoms with Crippen LogP contribution in [0.2, 0.25) is 0 Å². The van der Waals surface area contributed by atoms with E-state index < -0.39 is 0 Å². The maximum Gasteiger partial charge on any atom is 0.217 e. The van der Waals surface area contributed by atoms with Crippen molar-refractivity contribution in [2.24, 2.45) is 5.92 Å². The highest BCUT2D eigenvalue weighted by molar-refractivity contribution is 5.85. The van der Waals surface area contributed by atoms with E-state index in [1.165, 1.54) is 37.1 Å². The van der Waals surface area contributed by atoms with E-state index >= 15 is 0 Å².